The number of anilines is 1. The zero-order valence-electron chi connectivity index (χ0n) is 23.1. The topological polar surface area (TPSA) is 166 Å². The lowest BCUT2D eigenvalue weighted by atomic mass is 9.91. The molecule has 1 fully saturated rings. The van der Waals surface area contributed by atoms with E-state index in [0.717, 1.165) is 36.1 Å². The predicted octanol–water partition coefficient (Wildman–Crippen LogP) is 2.62. The lowest BCUT2D eigenvalue weighted by Crippen LogP contribution is -2.48. The van der Waals surface area contributed by atoms with E-state index in [-0.39, 0.29) is 36.5 Å². The highest BCUT2D eigenvalue weighted by Gasteiger charge is 2.29. The Morgan fingerprint density at radius 2 is 1.82 bits per heavy atom. The lowest BCUT2D eigenvalue weighted by molar-refractivity contribution is -0.134. The molecule has 3 rings (SSSR count). The molecule has 2 aromatic rings. The Balaban J connectivity index is 1.66. The summed E-state index contributed by atoms with van der Waals surface area (Å²) in [6.45, 7) is 1.65. The van der Waals surface area contributed by atoms with E-state index < -0.39 is 6.04 Å². The number of nitrogens with one attached hydrogen (secondary N) is 4. The van der Waals surface area contributed by atoms with Crippen molar-refractivity contribution in [3.05, 3.63) is 59.7 Å². The van der Waals surface area contributed by atoms with Gasteiger partial charge in [-0.1, -0.05) is 24.3 Å². The van der Waals surface area contributed by atoms with Crippen LogP contribution in [0.1, 0.15) is 49.7 Å². The molecule has 0 aliphatic carbocycles. The summed E-state index contributed by atoms with van der Waals surface area (Å²) in [5, 5.41) is 13.3. The fourth-order valence-electron chi connectivity index (χ4n) is 4.75. The van der Waals surface area contributed by atoms with Gasteiger partial charge in [-0.25, -0.2) is 4.72 Å². The van der Waals surface area contributed by atoms with E-state index in [1.54, 1.807) is 13.1 Å². The van der Waals surface area contributed by atoms with E-state index in [0.29, 0.717) is 43.1 Å². The van der Waals surface area contributed by atoms with Crippen LogP contribution in [-0.2, 0) is 20.8 Å². The van der Waals surface area contributed by atoms with Gasteiger partial charge in [-0.05, 0) is 79.8 Å². The van der Waals surface area contributed by atoms with Crippen LogP contribution >= 0.6 is 11.9 Å². The zero-order chi connectivity index (χ0) is 28.9. The van der Waals surface area contributed by atoms with Gasteiger partial charge in [0.1, 0.15) is 11.9 Å². The first-order valence-electron chi connectivity index (χ1n) is 13.7. The Kier molecular flexibility index (Phi) is 12.4. The number of piperidine rings is 1. The summed E-state index contributed by atoms with van der Waals surface area (Å²) in [5.41, 5.74) is 13.4. The molecule has 1 aliphatic rings. The molecule has 216 valence electrons. The minimum absolute atomic E-state index is 0.0148. The maximum atomic E-state index is 13.7. The third-order valence-electron chi connectivity index (χ3n) is 7.01. The molecule has 0 bridgehead atoms. The van der Waals surface area contributed by atoms with Gasteiger partial charge in [-0.3, -0.25) is 19.8 Å². The standard InChI is InChI=1S/C29H41N7O3S/c1-33-26(37)10-3-5-20-12-15-36(16-13-20)29(39)25(18-21-6-2-7-22(17-21)28(31)32)35-40-24-9-4-8-23(19-24)34-27(38)11-14-30/h2,4,6-9,17,19-20,25,35H,3,5,10-16,18,30H2,1H3,(H3,31,32)(H,33,37)(H,34,38)/t25-/m0/s1. The van der Waals surface area contributed by atoms with Crippen molar-refractivity contribution >= 4 is 41.2 Å². The number of amides is 3. The van der Waals surface area contributed by atoms with Gasteiger partial charge in [0.25, 0.3) is 0 Å². The Bertz CT molecular complexity index is 1170. The monoisotopic (exact) mass is 567 g/mol. The molecular formula is C29H41N7O3S. The largest absolute Gasteiger partial charge is 0.384 e. The molecule has 40 heavy (non-hydrogen) atoms. The van der Waals surface area contributed by atoms with Crippen molar-refractivity contribution in [3.8, 4) is 0 Å². The highest BCUT2D eigenvalue weighted by molar-refractivity contribution is 7.97. The number of nitrogens with zero attached hydrogens (tertiary/aromatic N) is 1. The lowest BCUT2D eigenvalue weighted by Gasteiger charge is -2.34. The Morgan fingerprint density at radius 3 is 2.52 bits per heavy atom. The van der Waals surface area contributed by atoms with Crippen LogP contribution in [0.4, 0.5) is 5.69 Å². The summed E-state index contributed by atoms with van der Waals surface area (Å²) < 4.78 is 3.36. The molecule has 1 atom stereocenters. The number of hydrogen-bond acceptors (Lipinski definition) is 7. The SMILES string of the molecule is CNC(=O)CCCC1CCN(C(=O)[C@H](Cc2cccc(C(=N)N)c2)NSc2cccc(NC(=O)CCN)c2)CC1. The van der Waals surface area contributed by atoms with Crippen LogP contribution in [0.3, 0.4) is 0 Å². The van der Waals surface area contributed by atoms with E-state index in [1.165, 1.54) is 11.9 Å². The second kappa shape index (κ2) is 16.0. The molecule has 0 unspecified atom stereocenters. The number of nitrogens with two attached hydrogens (primary N) is 2. The van der Waals surface area contributed by atoms with Gasteiger partial charge < -0.3 is 27.0 Å². The summed E-state index contributed by atoms with van der Waals surface area (Å²) in [7, 11) is 1.66. The fraction of sp³-hybridized carbons (Fsp3) is 0.448. The second-order valence-electron chi connectivity index (χ2n) is 10.0. The molecule has 0 spiro atoms. The van der Waals surface area contributed by atoms with Crippen molar-refractivity contribution in [2.75, 3.05) is 32.0 Å². The molecule has 1 saturated heterocycles. The number of benzene rings is 2. The Labute approximate surface area is 240 Å². The molecule has 1 heterocycles. The van der Waals surface area contributed by atoms with Gasteiger partial charge in [-0.2, -0.15) is 0 Å². The van der Waals surface area contributed by atoms with Crippen LogP contribution in [0.5, 0.6) is 0 Å². The van der Waals surface area contributed by atoms with Crippen LogP contribution in [-0.4, -0.2) is 61.2 Å². The van der Waals surface area contributed by atoms with Crippen molar-refractivity contribution in [1.29, 1.82) is 5.41 Å². The average molecular weight is 568 g/mol. The first-order chi connectivity index (χ1) is 19.3. The number of nitrogen functional groups attached to an aromatic ring is 1. The van der Waals surface area contributed by atoms with Gasteiger partial charge in [0.2, 0.25) is 17.7 Å². The molecule has 0 aromatic heterocycles. The van der Waals surface area contributed by atoms with E-state index in [2.05, 4.69) is 15.4 Å². The Hall–Kier alpha value is -3.41. The number of hydrogen-bond donors (Lipinski definition) is 6. The van der Waals surface area contributed by atoms with Gasteiger partial charge in [0, 0.05) is 55.7 Å². The maximum absolute atomic E-state index is 13.7. The number of carbonyl (C=O) groups is 3. The summed E-state index contributed by atoms with van der Waals surface area (Å²) >= 11 is 1.34. The first-order valence-corrected chi connectivity index (χ1v) is 14.6. The quantitative estimate of drug-likeness (QED) is 0.116. The molecule has 11 heteroatoms. The van der Waals surface area contributed by atoms with E-state index in [9.17, 15) is 14.4 Å². The number of carbonyl (C=O) groups excluding carboxylic acids is 3. The maximum Gasteiger partial charge on any atom is 0.240 e. The van der Waals surface area contributed by atoms with E-state index >= 15 is 0 Å². The first kappa shape index (κ1) is 31.1. The number of rotatable bonds is 14. The number of likely N-dealkylation sites (tertiary alicyclic amines) is 1. The molecule has 2 aromatic carbocycles. The smallest absolute Gasteiger partial charge is 0.240 e. The molecule has 0 saturated carbocycles. The normalized spacial score (nSPS) is 14.4. The van der Waals surface area contributed by atoms with Gasteiger partial charge in [-0.15, -0.1) is 0 Å². The molecule has 10 nitrogen and oxygen atoms in total. The summed E-state index contributed by atoms with van der Waals surface area (Å²) in [6, 6.07) is 14.3. The zero-order valence-corrected chi connectivity index (χ0v) is 23.9. The van der Waals surface area contributed by atoms with Crippen LogP contribution in [0.2, 0.25) is 0 Å². The van der Waals surface area contributed by atoms with Gasteiger partial charge in [0.05, 0.1) is 0 Å². The van der Waals surface area contributed by atoms with Crippen molar-refractivity contribution < 1.29 is 14.4 Å². The second-order valence-corrected chi connectivity index (χ2v) is 11.0. The predicted molar refractivity (Wildman–Crippen MR) is 160 cm³/mol. The molecule has 8 N–H and O–H groups in total. The van der Waals surface area contributed by atoms with Crippen molar-refractivity contribution in [2.45, 2.75) is 55.9 Å². The third-order valence-corrected chi connectivity index (χ3v) is 7.90. The summed E-state index contributed by atoms with van der Waals surface area (Å²) in [6.07, 6.45) is 4.91. The molecule has 1 aliphatic heterocycles. The van der Waals surface area contributed by atoms with Crippen LogP contribution in [0.25, 0.3) is 0 Å². The van der Waals surface area contributed by atoms with Crippen LogP contribution in [0.15, 0.2) is 53.4 Å². The summed E-state index contributed by atoms with van der Waals surface area (Å²) in [5.74, 6) is 0.444. The minimum atomic E-state index is -0.507. The fourth-order valence-corrected chi connectivity index (χ4v) is 5.55. The van der Waals surface area contributed by atoms with Crippen molar-refractivity contribution in [3.63, 3.8) is 0 Å². The van der Waals surface area contributed by atoms with Crippen LogP contribution in [0, 0.1) is 11.3 Å². The van der Waals surface area contributed by atoms with Gasteiger partial charge in [0.15, 0.2) is 0 Å². The van der Waals surface area contributed by atoms with E-state index in [4.69, 9.17) is 16.9 Å². The van der Waals surface area contributed by atoms with Crippen molar-refractivity contribution in [2.24, 2.45) is 17.4 Å². The molecule has 0 radical (unpaired) electrons. The highest BCUT2D eigenvalue weighted by atomic mass is 32.2. The van der Waals surface area contributed by atoms with Crippen molar-refractivity contribution in [1.82, 2.24) is 14.9 Å². The van der Waals surface area contributed by atoms with Gasteiger partial charge >= 0.3 is 0 Å². The minimum Gasteiger partial charge on any atom is -0.384 e. The highest BCUT2D eigenvalue weighted by Crippen LogP contribution is 2.25. The third kappa shape index (κ3) is 9.96. The summed E-state index contributed by atoms with van der Waals surface area (Å²) in [4.78, 5) is 40.0. The molecule has 3 amide bonds. The van der Waals surface area contributed by atoms with Crippen LogP contribution < -0.4 is 26.8 Å². The number of amidine groups is 1. The molecular weight excluding hydrogens is 526 g/mol. The van der Waals surface area contributed by atoms with E-state index in [1.807, 2.05) is 47.4 Å². The Morgan fingerprint density at radius 1 is 1.07 bits per heavy atom. The average Bonchev–Trinajstić information content (AvgIpc) is 2.95.